The van der Waals surface area contributed by atoms with Crippen molar-refractivity contribution < 1.29 is 4.43 Å². The van der Waals surface area contributed by atoms with Crippen LogP contribution in [-0.2, 0) is 4.43 Å². The predicted molar refractivity (Wildman–Crippen MR) is 90.4 cm³/mol. The first-order chi connectivity index (χ1) is 9.12. The van der Waals surface area contributed by atoms with E-state index in [1.807, 2.05) is 0 Å². The first kappa shape index (κ1) is 19.2. The van der Waals surface area contributed by atoms with Gasteiger partial charge in [-0.05, 0) is 25.6 Å². The molecule has 116 valence electrons. The van der Waals surface area contributed by atoms with Crippen molar-refractivity contribution in [2.75, 3.05) is 6.61 Å². The molecule has 0 rings (SSSR count). The third kappa shape index (κ3) is 14.4. The van der Waals surface area contributed by atoms with Crippen molar-refractivity contribution in [3.63, 3.8) is 0 Å². The fourth-order valence-corrected chi connectivity index (χ4v) is 3.12. The standard InChI is InChI=1S/C17H38OSi/c1-5-7-8-9-10-11-12-13-14-15-16-17-18-19(3,4)6-2/h5-17H2,1-4H3. The fraction of sp³-hybridized carbons (Fsp3) is 1.00. The Morgan fingerprint density at radius 3 is 1.47 bits per heavy atom. The van der Waals surface area contributed by atoms with E-state index in [2.05, 4.69) is 26.9 Å². The molecule has 0 saturated carbocycles. The smallest absolute Gasteiger partial charge is 0.186 e. The zero-order valence-electron chi connectivity index (χ0n) is 14.1. The Morgan fingerprint density at radius 1 is 0.632 bits per heavy atom. The number of rotatable bonds is 14. The first-order valence-electron chi connectivity index (χ1n) is 8.76. The molecule has 0 bridgehead atoms. The second kappa shape index (κ2) is 13.2. The number of unbranched alkanes of at least 4 members (excludes halogenated alkanes) is 10. The van der Waals surface area contributed by atoms with Gasteiger partial charge in [-0.3, -0.25) is 0 Å². The summed E-state index contributed by atoms with van der Waals surface area (Å²) in [5, 5.41) is 0. The second-order valence-electron chi connectivity index (χ2n) is 6.50. The topological polar surface area (TPSA) is 9.23 Å². The lowest BCUT2D eigenvalue weighted by atomic mass is 10.1. The number of hydrogen-bond acceptors (Lipinski definition) is 1. The Balaban J connectivity index is 3.07. The van der Waals surface area contributed by atoms with Crippen molar-refractivity contribution in [3.8, 4) is 0 Å². The van der Waals surface area contributed by atoms with Gasteiger partial charge in [-0.1, -0.05) is 78.1 Å². The zero-order chi connectivity index (χ0) is 14.4. The van der Waals surface area contributed by atoms with Gasteiger partial charge in [0.1, 0.15) is 0 Å². The van der Waals surface area contributed by atoms with E-state index in [1.165, 1.54) is 76.7 Å². The van der Waals surface area contributed by atoms with Gasteiger partial charge >= 0.3 is 0 Å². The molecule has 19 heavy (non-hydrogen) atoms. The van der Waals surface area contributed by atoms with Crippen LogP contribution in [0.3, 0.4) is 0 Å². The second-order valence-corrected chi connectivity index (χ2v) is 11.0. The van der Waals surface area contributed by atoms with Crippen LogP contribution in [0.1, 0.15) is 84.5 Å². The van der Waals surface area contributed by atoms with Gasteiger partial charge in [-0.2, -0.15) is 0 Å². The molecule has 0 aliphatic rings. The van der Waals surface area contributed by atoms with E-state index in [-0.39, 0.29) is 0 Å². The van der Waals surface area contributed by atoms with Gasteiger partial charge in [-0.25, -0.2) is 0 Å². The summed E-state index contributed by atoms with van der Waals surface area (Å²) in [6.07, 6.45) is 15.5. The molecule has 0 N–H and O–H groups in total. The molecule has 0 fully saturated rings. The lowest BCUT2D eigenvalue weighted by Crippen LogP contribution is -2.29. The average molecular weight is 287 g/mol. The molecular weight excluding hydrogens is 248 g/mol. The third-order valence-corrected chi connectivity index (χ3v) is 6.78. The largest absolute Gasteiger partial charge is 0.417 e. The van der Waals surface area contributed by atoms with Gasteiger partial charge in [-0.15, -0.1) is 0 Å². The monoisotopic (exact) mass is 286 g/mol. The molecule has 0 aromatic carbocycles. The van der Waals surface area contributed by atoms with E-state index in [0.717, 1.165) is 6.61 Å². The lowest BCUT2D eigenvalue weighted by molar-refractivity contribution is 0.294. The highest BCUT2D eigenvalue weighted by Gasteiger charge is 2.18. The molecule has 0 aromatic rings. The van der Waals surface area contributed by atoms with E-state index in [0.29, 0.717) is 0 Å². The van der Waals surface area contributed by atoms with E-state index >= 15 is 0 Å². The van der Waals surface area contributed by atoms with Crippen LogP contribution in [0.2, 0.25) is 19.1 Å². The van der Waals surface area contributed by atoms with Crippen LogP contribution >= 0.6 is 0 Å². The third-order valence-electron chi connectivity index (χ3n) is 4.09. The SMILES string of the molecule is CCCCCCCCCCCCCO[Si](C)(C)CC. The Kier molecular flexibility index (Phi) is 13.3. The molecule has 0 unspecified atom stereocenters. The van der Waals surface area contributed by atoms with Crippen molar-refractivity contribution in [2.45, 2.75) is 104 Å². The van der Waals surface area contributed by atoms with Crippen LogP contribution in [0.5, 0.6) is 0 Å². The van der Waals surface area contributed by atoms with Gasteiger partial charge in [0, 0.05) is 6.61 Å². The van der Waals surface area contributed by atoms with Gasteiger partial charge < -0.3 is 4.43 Å². The summed E-state index contributed by atoms with van der Waals surface area (Å²) in [6, 6.07) is 1.24. The van der Waals surface area contributed by atoms with E-state index in [4.69, 9.17) is 4.43 Å². The Morgan fingerprint density at radius 2 is 1.05 bits per heavy atom. The van der Waals surface area contributed by atoms with E-state index in [9.17, 15) is 0 Å². The van der Waals surface area contributed by atoms with Crippen LogP contribution in [0.15, 0.2) is 0 Å². The molecule has 0 amide bonds. The Bertz CT molecular complexity index is 180. The lowest BCUT2D eigenvalue weighted by Gasteiger charge is -2.20. The van der Waals surface area contributed by atoms with Crippen LogP contribution in [0.25, 0.3) is 0 Å². The Hall–Kier alpha value is 0.177. The maximum atomic E-state index is 6.00. The molecule has 0 aliphatic carbocycles. The first-order valence-corrected chi connectivity index (χ1v) is 11.9. The van der Waals surface area contributed by atoms with Crippen LogP contribution in [0, 0.1) is 0 Å². The van der Waals surface area contributed by atoms with Gasteiger partial charge in [0.2, 0.25) is 0 Å². The number of hydrogen-bond donors (Lipinski definition) is 0. The van der Waals surface area contributed by atoms with Crippen LogP contribution in [0.4, 0.5) is 0 Å². The predicted octanol–water partition coefficient (Wildman–Crippen LogP) is 6.54. The highest BCUT2D eigenvalue weighted by molar-refractivity contribution is 6.71. The van der Waals surface area contributed by atoms with E-state index < -0.39 is 8.32 Å². The summed E-state index contributed by atoms with van der Waals surface area (Å²) in [7, 11) is -1.27. The summed E-state index contributed by atoms with van der Waals surface area (Å²) < 4.78 is 6.00. The zero-order valence-corrected chi connectivity index (χ0v) is 15.1. The minimum atomic E-state index is -1.27. The molecule has 0 spiro atoms. The highest BCUT2D eigenvalue weighted by Crippen LogP contribution is 2.13. The normalized spacial score (nSPS) is 12.0. The summed E-state index contributed by atoms with van der Waals surface area (Å²) >= 11 is 0. The van der Waals surface area contributed by atoms with Crippen LogP contribution in [-0.4, -0.2) is 14.9 Å². The summed E-state index contributed by atoms with van der Waals surface area (Å²) in [4.78, 5) is 0. The van der Waals surface area contributed by atoms with Crippen molar-refractivity contribution in [1.29, 1.82) is 0 Å². The Labute approximate surface area is 123 Å². The summed E-state index contributed by atoms with van der Waals surface area (Å²) in [5.41, 5.74) is 0. The van der Waals surface area contributed by atoms with Crippen molar-refractivity contribution in [3.05, 3.63) is 0 Å². The summed E-state index contributed by atoms with van der Waals surface area (Å²) in [5.74, 6) is 0. The molecule has 2 heteroatoms. The molecule has 0 aliphatic heterocycles. The highest BCUT2D eigenvalue weighted by atomic mass is 28.4. The molecular formula is C17H38OSi. The summed E-state index contributed by atoms with van der Waals surface area (Å²) in [6.45, 7) is 10.2. The van der Waals surface area contributed by atoms with Crippen molar-refractivity contribution in [1.82, 2.24) is 0 Å². The minimum Gasteiger partial charge on any atom is -0.417 e. The minimum absolute atomic E-state index is 1.00. The van der Waals surface area contributed by atoms with Crippen LogP contribution < -0.4 is 0 Å². The molecule has 0 radical (unpaired) electrons. The van der Waals surface area contributed by atoms with Crippen molar-refractivity contribution >= 4 is 8.32 Å². The van der Waals surface area contributed by atoms with Crippen molar-refractivity contribution in [2.24, 2.45) is 0 Å². The fourth-order valence-electron chi connectivity index (χ4n) is 2.22. The average Bonchev–Trinajstić information content (AvgIpc) is 2.40. The quantitative estimate of drug-likeness (QED) is 0.260. The molecule has 0 aromatic heterocycles. The molecule has 0 saturated heterocycles. The van der Waals surface area contributed by atoms with Gasteiger partial charge in [0.05, 0.1) is 0 Å². The van der Waals surface area contributed by atoms with Gasteiger partial charge in [0.25, 0.3) is 0 Å². The van der Waals surface area contributed by atoms with E-state index in [1.54, 1.807) is 0 Å². The maximum Gasteiger partial charge on any atom is 0.186 e. The van der Waals surface area contributed by atoms with Gasteiger partial charge in [0.15, 0.2) is 8.32 Å². The molecule has 0 heterocycles. The molecule has 0 atom stereocenters. The molecule has 1 nitrogen and oxygen atoms in total. The maximum absolute atomic E-state index is 6.00.